The van der Waals surface area contributed by atoms with Gasteiger partial charge in [-0.1, -0.05) is 29.8 Å². The number of hydrogen-bond donors (Lipinski definition) is 1. The number of aryl methyl sites for hydroxylation is 1. The van der Waals surface area contributed by atoms with Crippen LogP contribution >= 0.6 is 0 Å². The zero-order valence-corrected chi connectivity index (χ0v) is 11.7. The van der Waals surface area contributed by atoms with Gasteiger partial charge in [-0.25, -0.2) is 4.39 Å². The number of carbonyl (C=O) groups is 1. The summed E-state index contributed by atoms with van der Waals surface area (Å²) < 4.78 is 25.4. The van der Waals surface area contributed by atoms with Crippen molar-refractivity contribution in [3.63, 3.8) is 0 Å². The lowest BCUT2D eigenvalue weighted by Crippen LogP contribution is -2.19. The molecule has 1 N–H and O–H groups in total. The Hall–Kier alpha value is -2.01. The number of halogens is 1. The maximum absolute atomic E-state index is 13.4. The Morgan fingerprint density at radius 2 is 1.80 bits per heavy atom. The van der Waals surface area contributed by atoms with Crippen LogP contribution in [0.15, 0.2) is 53.4 Å². The van der Waals surface area contributed by atoms with Crippen molar-refractivity contribution >= 4 is 22.4 Å². The van der Waals surface area contributed by atoms with Gasteiger partial charge in [-0.3, -0.25) is 9.00 Å². The maximum Gasteiger partial charge on any atom is 0.237 e. The predicted molar refractivity (Wildman–Crippen MR) is 77.5 cm³/mol. The van der Waals surface area contributed by atoms with E-state index >= 15 is 0 Å². The van der Waals surface area contributed by atoms with Gasteiger partial charge in [0.25, 0.3) is 0 Å². The molecule has 0 aliphatic heterocycles. The van der Waals surface area contributed by atoms with Crippen molar-refractivity contribution in [3.05, 3.63) is 59.9 Å². The predicted octanol–water partition coefficient (Wildman–Crippen LogP) is 2.88. The molecule has 0 aliphatic carbocycles. The van der Waals surface area contributed by atoms with Crippen LogP contribution in [-0.4, -0.2) is 15.9 Å². The minimum atomic E-state index is -1.69. The highest BCUT2D eigenvalue weighted by Gasteiger charge is 2.13. The summed E-state index contributed by atoms with van der Waals surface area (Å²) in [7, 11) is -1.69. The molecule has 3 nitrogen and oxygen atoms in total. The Morgan fingerprint density at radius 1 is 1.15 bits per heavy atom. The molecule has 2 rings (SSSR count). The van der Waals surface area contributed by atoms with Crippen molar-refractivity contribution in [2.24, 2.45) is 0 Å². The largest absolute Gasteiger partial charge is 0.325 e. The monoisotopic (exact) mass is 291 g/mol. The summed E-state index contributed by atoms with van der Waals surface area (Å²) >= 11 is 0. The number of benzene rings is 2. The van der Waals surface area contributed by atoms with Crippen LogP contribution in [-0.2, 0) is 15.6 Å². The van der Waals surface area contributed by atoms with Gasteiger partial charge in [0.2, 0.25) is 5.91 Å². The highest BCUT2D eigenvalue weighted by molar-refractivity contribution is 7.85. The topological polar surface area (TPSA) is 46.2 Å². The van der Waals surface area contributed by atoms with E-state index < -0.39 is 22.5 Å². The zero-order chi connectivity index (χ0) is 14.5. The molecule has 0 saturated heterocycles. The normalized spacial score (nSPS) is 11.9. The fraction of sp³-hybridized carbons (Fsp3) is 0.133. The van der Waals surface area contributed by atoms with Crippen molar-refractivity contribution in [2.75, 3.05) is 11.1 Å². The van der Waals surface area contributed by atoms with Crippen LogP contribution in [0.25, 0.3) is 0 Å². The van der Waals surface area contributed by atoms with E-state index in [0.717, 1.165) is 5.56 Å². The van der Waals surface area contributed by atoms with Gasteiger partial charge in [-0.05, 0) is 31.2 Å². The van der Waals surface area contributed by atoms with E-state index in [2.05, 4.69) is 5.32 Å². The van der Waals surface area contributed by atoms with E-state index in [0.29, 0.717) is 5.69 Å². The summed E-state index contributed by atoms with van der Waals surface area (Å²) in [4.78, 5) is 11.8. The quantitative estimate of drug-likeness (QED) is 0.941. The molecule has 1 atom stereocenters. The second-order valence-corrected chi connectivity index (χ2v) is 5.75. The average Bonchev–Trinajstić information content (AvgIpc) is 2.41. The van der Waals surface area contributed by atoms with Gasteiger partial charge < -0.3 is 5.32 Å². The maximum atomic E-state index is 13.4. The van der Waals surface area contributed by atoms with Crippen LogP contribution < -0.4 is 5.32 Å². The van der Waals surface area contributed by atoms with Crippen molar-refractivity contribution < 1.29 is 13.4 Å². The molecule has 0 radical (unpaired) electrons. The van der Waals surface area contributed by atoms with E-state index in [4.69, 9.17) is 0 Å². The van der Waals surface area contributed by atoms with E-state index in [-0.39, 0.29) is 10.6 Å². The fourth-order valence-electron chi connectivity index (χ4n) is 1.66. The van der Waals surface area contributed by atoms with Crippen molar-refractivity contribution in [1.29, 1.82) is 0 Å². The second-order valence-electron chi connectivity index (χ2n) is 4.33. The Kier molecular flexibility index (Phi) is 4.63. The van der Waals surface area contributed by atoms with Crippen LogP contribution in [0.5, 0.6) is 0 Å². The third-order valence-electron chi connectivity index (χ3n) is 2.68. The minimum Gasteiger partial charge on any atom is -0.325 e. The van der Waals surface area contributed by atoms with Crippen LogP contribution in [0.4, 0.5) is 10.1 Å². The molecular formula is C15H14FNO2S. The summed E-state index contributed by atoms with van der Waals surface area (Å²) in [5, 5.41) is 2.63. The molecular weight excluding hydrogens is 277 g/mol. The Balaban J connectivity index is 2.00. The zero-order valence-electron chi connectivity index (χ0n) is 10.9. The molecule has 0 saturated carbocycles. The fourth-order valence-corrected chi connectivity index (χ4v) is 2.64. The molecule has 1 unspecified atom stereocenters. The van der Waals surface area contributed by atoms with E-state index in [1.807, 2.05) is 19.1 Å². The van der Waals surface area contributed by atoms with Gasteiger partial charge in [-0.15, -0.1) is 0 Å². The van der Waals surface area contributed by atoms with Crippen molar-refractivity contribution in [2.45, 2.75) is 11.8 Å². The standard InChI is InChI=1S/C15H14FNO2S/c1-11-6-8-12(9-7-11)17-15(18)10-20(19)14-5-3-2-4-13(14)16/h2-9H,10H2,1H3,(H,17,18). The summed E-state index contributed by atoms with van der Waals surface area (Å²) in [6.45, 7) is 1.94. The molecule has 0 spiro atoms. The number of carbonyl (C=O) groups excluding carboxylic acids is 1. The Bertz CT molecular complexity index is 641. The highest BCUT2D eigenvalue weighted by atomic mass is 32.2. The number of amides is 1. The summed E-state index contributed by atoms with van der Waals surface area (Å²) in [6.07, 6.45) is 0. The first kappa shape index (κ1) is 14.4. The number of anilines is 1. The first-order valence-corrected chi connectivity index (χ1v) is 7.37. The molecule has 2 aromatic carbocycles. The summed E-state index contributed by atoms with van der Waals surface area (Å²) in [5.74, 6) is -1.24. The molecule has 20 heavy (non-hydrogen) atoms. The molecule has 104 valence electrons. The van der Waals surface area contributed by atoms with Gasteiger partial charge in [0.05, 0.1) is 15.7 Å². The first-order chi connectivity index (χ1) is 9.56. The summed E-state index contributed by atoms with van der Waals surface area (Å²) in [5.41, 5.74) is 1.71. The molecule has 0 bridgehead atoms. The molecule has 0 heterocycles. The Morgan fingerprint density at radius 3 is 2.45 bits per heavy atom. The van der Waals surface area contributed by atoms with Crippen LogP contribution in [0.2, 0.25) is 0 Å². The minimum absolute atomic E-state index is 0.0477. The molecule has 0 aromatic heterocycles. The van der Waals surface area contributed by atoms with Gasteiger partial charge >= 0.3 is 0 Å². The number of rotatable bonds is 4. The highest BCUT2D eigenvalue weighted by Crippen LogP contribution is 2.13. The van der Waals surface area contributed by atoms with Crippen LogP contribution in [0.1, 0.15) is 5.56 Å². The van der Waals surface area contributed by atoms with E-state index in [1.165, 1.54) is 18.2 Å². The van der Waals surface area contributed by atoms with Crippen LogP contribution in [0.3, 0.4) is 0 Å². The second kappa shape index (κ2) is 6.43. The smallest absolute Gasteiger partial charge is 0.237 e. The van der Waals surface area contributed by atoms with Gasteiger partial charge in [-0.2, -0.15) is 0 Å². The lowest BCUT2D eigenvalue weighted by atomic mass is 10.2. The molecule has 2 aromatic rings. The molecule has 5 heteroatoms. The van der Waals surface area contributed by atoms with Crippen LogP contribution in [0, 0.1) is 12.7 Å². The number of nitrogens with one attached hydrogen (secondary N) is 1. The summed E-state index contributed by atoms with van der Waals surface area (Å²) in [6, 6.07) is 13.0. The van der Waals surface area contributed by atoms with E-state index in [9.17, 15) is 13.4 Å². The Labute approximate surface area is 119 Å². The van der Waals surface area contributed by atoms with E-state index in [1.54, 1.807) is 18.2 Å². The third-order valence-corrected chi connectivity index (χ3v) is 4.03. The van der Waals surface area contributed by atoms with Crippen molar-refractivity contribution in [1.82, 2.24) is 0 Å². The number of hydrogen-bond acceptors (Lipinski definition) is 2. The third kappa shape index (κ3) is 3.74. The van der Waals surface area contributed by atoms with Gasteiger partial charge in [0.1, 0.15) is 11.6 Å². The van der Waals surface area contributed by atoms with Gasteiger partial charge in [0.15, 0.2) is 0 Å². The SMILES string of the molecule is Cc1ccc(NC(=O)CS(=O)c2ccccc2F)cc1. The first-order valence-electron chi connectivity index (χ1n) is 6.05. The lowest BCUT2D eigenvalue weighted by molar-refractivity contribution is -0.113. The lowest BCUT2D eigenvalue weighted by Gasteiger charge is -2.06. The van der Waals surface area contributed by atoms with Crippen molar-refractivity contribution in [3.8, 4) is 0 Å². The average molecular weight is 291 g/mol. The molecule has 1 amide bonds. The van der Waals surface area contributed by atoms with Gasteiger partial charge in [0, 0.05) is 5.69 Å². The molecule has 0 fully saturated rings. The molecule has 0 aliphatic rings.